The molecular formula is C7H6F3NO. The normalized spacial score (nSPS) is 9.92. The molecule has 1 aromatic heterocycles. The number of nitrogens with zero attached hydrogens (tertiary/aromatic N) is 1. The zero-order chi connectivity index (χ0) is 9.61. The van der Waals surface area contributed by atoms with Gasteiger partial charge in [-0.2, -0.15) is 13.2 Å². The van der Waals surface area contributed by atoms with Crippen LogP contribution in [-0.4, -0.2) is 11.8 Å². The van der Waals surface area contributed by atoms with Crippen molar-refractivity contribution in [3.05, 3.63) is 30.1 Å². The summed E-state index contributed by atoms with van der Waals surface area (Å²) in [6, 6.07) is 3.67. The summed E-state index contributed by atoms with van der Waals surface area (Å²) >= 11 is 0. The Morgan fingerprint density at radius 1 is 1.25 bits per heavy atom. The molecule has 0 saturated heterocycles. The van der Waals surface area contributed by atoms with Gasteiger partial charge in [-0.05, 0) is 12.1 Å². The molecule has 0 aromatic carbocycles. The molecular weight excluding hydrogens is 171 g/mol. The van der Waals surface area contributed by atoms with Crippen LogP contribution in [0.4, 0.5) is 13.2 Å². The Morgan fingerprint density at radius 3 is 2.08 bits per heavy atom. The van der Waals surface area contributed by atoms with E-state index >= 15 is 0 Å². The van der Waals surface area contributed by atoms with Crippen molar-refractivity contribution in [2.45, 2.75) is 6.18 Å². The molecule has 5 heteroatoms. The van der Waals surface area contributed by atoms with Crippen molar-refractivity contribution in [1.82, 2.24) is 4.98 Å². The summed E-state index contributed by atoms with van der Waals surface area (Å²) in [6.45, 7) is 2.00. The first kappa shape index (κ1) is 10.6. The number of aromatic nitrogens is 1. The second-order valence-corrected chi connectivity index (χ2v) is 1.71. The van der Waals surface area contributed by atoms with Gasteiger partial charge >= 0.3 is 6.18 Å². The number of carbonyl (C=O) groups is 1. The fourth-order valence-electron chi connectivity index (χ4n) is 0.530. The maximum absolute atomic E-state index is 11.7. The Bertz CT molecular complexity index is 222. The van der Waals surface area contributed by atoms with Crippen LogP contribution in [0.1, 0.15) is 5.69 Å². The average Bonchev–Trinajstić information content (AvgIpc) is 2.08. The van der Waals surface area contributed by atoms with Crippen molar-refractivity contribution in [2.24, 2.45) is 0 Å². The van der Waals surface area contributed by atoms with Crippen LogP contribution >= 0.6 is 0 Å². The fourth-order valence-corrected chi connectivity index (χ4v) is 0.530. The minimum atomic E-state index is -4.32. The first-order valence-electron chi connectivity index (χ1n) is 2.88. The van der Waals surface area contributed by atoms with Gasteiger partial charge in [0.15, 0.2) is 0 Å². The van der Waals surface area contributed by atoms with Gasteiger partial charge in [0.05, 0.1) is 0 Å². The first-order valence-corrected chi connectivity index (χ1v) is 2.88. The number of carbonyl (C=O) groups excluding carboxylic acids is 1. The van der Waals surface area contributed by atoms with E-state index in [1.54, 1.807) is 0 Å². The van der Waals surface area contributed by atoms with E-state index in [9.17, 15) is 13.2 Å². The van der Waals surface area contributed by atoms with Gasteiger partial charge in [-0.3, -0.25) is 4.98 Å². The molecule has 0 N–H and O–H groups in total. The summed E-state index contributed by atoms with van der Waals surface area (Å²) in [6.07, 6.45) is -3.20. The molecule has 0 aliphatic heterocycles. The Kier molecular flexibility index (Phi) is 3.96. The van der Waals surface area contributed by atoms with E-state index < -0.39 is 11.9 Å². The van der Waals surface area contributed by atoms with Gasteiger partial charge < -0.3 is 4.79 Å². The van der Waals surface area contributed by atoms with Crippen LogP contribution in [0.5, 0.6) is 0 Å². The van der Waals surface area contributed by atoms with Crippen molar-refractivity contribution in [2.75, 3.05) is 0 Å². The highest BCUT2D eigenvalue weighted by atomic mass is 19.4. The summed E-state index contributed by atoms with van der Waals surface area (Å²) in [5.74, 6) is 0. The number of pyridine rings is 1. The summed E-state index contributed by atoms with van der Waals surface area (Å²) in [5.41, 5.74) is -0.852. The van der Waals surface area contributed by atoms with Crippen LogP contribution in [0.25, 0.3) is 0 Å². The minimum absolute atomic E-state index is 0.852. The van der Waals surface area contributed by atoms with Crippen LogP contribution in [0.3, 0.4) is 0 Å². The molecule has 0 spiro atoms. The van der Waals surface area contributed by atoms with Crippen molar-refractivity contribution in [3.63, 3.8) is 0 Å². The van der Waals surface area contributed by atoms with Gasteiger partial charge in [-0.1, -0.05) is 6.07 Å². The van der Waals surface area contributed by atoms with Gasteiger partial charge in [0.1, 0.15) is 12.5 Å². The quantitative estimate of drug-likeness (QED) is 0.605. The Labute approximate surface area is 67.0 Å². The van der Waals surface area contributed by atoms with E-state index in [1.807, 2.05) is 6.79 Å². The molecule has 1 rings (SSSR count). The number of hydrogen-bond donors (Lipinski definition) is 0. The largest absolute Gasteiger partial charge is 0.433 e. The molecule has 0 bridgehead atoms. The molecule has 1 aromatic rings. The number of alkyl halides is 3. The maximum atomic E-state index is 11.7. The van der Waals surface area contributed by atoms with Crippen molar-refractivity contribution < 1.29 is 18.0 Å². The highest BCUT2D eigenvalue weighted by Gasteiger charge is 2.31. The number of rotatable bonds is 0. The lowest BCUT2D eigenvalue weighted by Gasteiger charge is -2.02. The molecule has 0 atom stereocenters. The van der Waals surface area contributed by atoms with Crippen molar-refractivity contribution in [1.29, 1.82) is 0 Å². The van der Waals surface area contributed by atoms with Gasteiger partial charge in [0.2, 0.25) is 0 Å². The second-order valence-electron chi connectivity index (χ2n) is 1.71. The Balaban J connectivity index is 0.000000561. The molecule has 0 unspecified atom stereocenters. The van der Waals surface area contributed by atoms with Gasteiger partial charge in [0, 0.05) is 6.20 Å². The predicted molar refractivity (Wildman–Crippen MR) is 36.4 cm³/mol. The minimum Gasteiger partial charge on any atom is -0.307 e. The lowest BCUT2D eigenvalue weighted by atomic mass is 10.3. The van der Waals surface area contributed by atoms with Gasteiger partial charge in [-0.15, -0.1) is 0 Å². The lowest BCUT2D eigenvalue weighted by Crippen LogP contribution is -2.06. The van der Waals surface area contributed by atoms with Crippen LogP contribution in [0.2, 0.25) is 0 Å². The fraction of sp³-hybridized carbons (Fsp3) is 0.143. The molecule has 2 nitrogen and oxygen atoms in total. The highest BCUT2D eigenvalue weighted by molar-refractivity contribution is 5.11. The number of hydrogen-bond acceptors (Lipinski definition) is 2. The van der Waals surface area contributed by atoms with Crippen LogP contribution in [0.15, 0.2) is 24.4 Å². The topological polar surface area (TPSA) is 30.0 Å². The van der Waals surface area contributed by atoms with E-state index in [-0.39, 0.29) is 0 Å². The first-order chi connectivity index (χ1) is 5.61. The van der Waals surface area contributed by atoms with Crippen molar-refractivity contribution >= 4 is 6.79 Å². The molecule has 12 heavy (non-hydrogen) atoms. The maximum Gasteiger partial charge on any atom is 0.433 e. The SMILES string of the molecule is C=O.FC(F)(F)c1ccccn1. The zero-order valence-electron chi connectivity index (χ0n) is 6.01. The van der Waals surface area contributed by atoms with E-state index in [2.05, 4.69) is 4.98 Å². The van der Waals surface area contributed by atoms with E-state index in [0.717, 1.165) is 12.3 Å². The lowest BCUT2D eigenvalue weighted by molar-refractivity contribution is -0.141. The summed E-state index contributed by atoms with van der Waals surface area (Å²) in [5, 5.41) is 0. The summed E-state index contributed by atoms with van der Waals surface area (Å²) in [7, 11) is 0. The summed E-state index contributed by atoms with van der Waals surface area (Å²) in [4.78, 5) is 11.1. The molecule has 0 saturated carbocycles. The van der Waals surface area contributed by atoms with Gasteiger partial charge in [-0.25, -0.2) is 0 Å². The van der Waals surface area contributed by atoms with Crippen LogP contribution < -0.4 is 0 Å². The third kappa shape index (κ3) is 3.14. The van der Waals surface area contributed by atoms with E-state index in [1.165, 1.54) is 12.1 Å². The third-order valence-corrected chi connectivity index (χ3v) is 0.955. The molecule has 0 aliphatic rings. The third-order valence-electron chi connectivity index (χ3n) is 0.955. The van der Waals surface area contributed by atoms with Crippen LogP contribution in [0, 0.1) is 0 Å². The average molecular weight is 177 g/mol. The zero-order valence-corrected chi connectivity index (χ0v) is 6.01. The Hall–Kier alpha value is -1.39. The standard InChI is InChI=1S/C6H4F3N.CH2O/c7-6(8,9)5-3-1-2-4-10-5;1-2/h1-4H;1H2. The van der Waals surface area contributed by atoms with E-state index in [4.69, 9.17) is 4.79 Å². The molecule has 1 heterocycles. The number of halogens is 3. The van der Waals surface area contributed by atoms with E-state index in [0.29, 0.717) is 0 Å². The summed E-state index contributed by atoms with van der Waals surface area (Å²) < 4.78 is 35.2. The van der Waals surface area contributed by atoms with Crippen LogP contribution in [-0.2, 0) is 11.0 Å². The molecule has 0 fully saturated rings. The predicted octanol–water partition coefficient (Wildman–Crippen LogP) is 1.92. The molecule has 0 amide bonds. The molecule has 0 radical (unpaired) electrons. The van der Waals surface area contributed by atoms with Gasteiger partial charge in [0.25, 0.3) is 0 Å². The smallest absolute Gasteiger partial charge is 0.307 e. The molecule has 0 aliphatic carbocycles. The Morgan fingerprint density at radius 2 is 1.83 bits per heavy atom. The van der Waals surface area contributed by atoms with Crippen molar-refractivity contribution in [3.8, 4) is 0 Å². The monoisotopic (exact) mass is 177 g/mol. The second kappa shape index (κ2) is 4.48. The highest BCUT2D eigenvalue weighted by Crippen LogP contribution is 2.26. The molecule has 66 valence electrons.